The Bertz CT molecular complexity index is 928. The van der Waals surface area contributed by atoms with Gasteiger partial charge in [0.25, 0.3) is 11.8 Å². The van der Waals surface area contributed by atoms with Crippen molar-refractivity contribution in [3.05, 3.63) is 99.8 Å². The molecule has 0 radical (unpaired) electrons. The van der Waals surface area contributed by atoms with Gasteiger partial charge in [-0.1, -0.05) is 54.1 Å². The second-order valence-corrected chi connectivity index (χ2v) is 6.72. The summed E-state index contributed by atoms with van der Waals surface area (Å²) in [5, 5.41) is 6.23. The lowest BCUT2D eigenvalue weighted by Gasteiger charge is -2.09. The largest absolute Gasteiger partial charge is 0.348 e. The molecule has 2 N–H and O–H groups in total. The van der Waals surface area contributed by atoms with Crippen LogP contribution >= 0.6 is 11.6 Å². The highest BCUT2D eigenvalue weighted by Gasteiger charge is 2.12. The third-order valence-electron chi connectivity index (χ3n) is 4.35. The molecule has 28 heavy (non-hydrogen) atoms. The summed E-state index contributed by atoms with van der Waals surface area (Å²) in [4.78, 5) is 28.9. The Morgan fingerprint density at radius 2 is 1.54 bits per heavy atom. The Labute approximate surface area is 168 Å². The Morgan fingerprint density at radius 3 is 2.29 bits per heavy atom. The van der Waals surface area contributed by atoms with Gasteiger partial charge in [0.05, 0.1) is 0 Å². The number of nitrogens with zero attached hydrogens (tertiary/aromatic N) is 1. The quantitative estimate of drug-likeness (QED) is 0.667. The first-order chi connectivity index (χ1) is 13.5. The Balaban J connectivity index is 1.62. The van der Waals surface area contributed by atoms with Crippen molar-refractivity contribution in [2.75, 3.05) is 0 Å². The number of pyridine rings is 1. The average molecular weight is 394 g/mol. The lowest BCUT2D eigenvalue weighted by Crippen LogP contribution is -2.26. The van der Waals surface area contributed by atoms with E-state index in [2.05, 4.69) is 15.6 Å². The molecule has 0 fully saturated rings. The number of nitrogens with one attached hydrogen (secondary N) is 2. The minimum atomic E-state index is -0.330. The topological polar surface area (TPSA) is 71.1 Å². The fraction of sp³-hybridized carbons (Fsp3) is 0.136. The molecule has 0 saturated carbocycles. The van der Waals surface area contributed by atoms with Gasteiger partial charge in [-0.05, 0) is 41.8 Å². The van der Waals surface area contributed by atoms with Crippen LogP contribution in [0.25, 0.3) is 0 Å². The molecule has 5 nitrogen and oxygen atoms in total. The van der Waals surface area contributed by atoms with E-state index >= 15 is 0 Å². The number of carbonyl (C=O) groups excluding carboxylic acids is 2. The van der Waals surface area contributed by atoms with Crippen LogP contribution in [0.5, 0.6) is 0 Å². The number of aromatic nitrogens is 1. The van der Waals surface area contributed by atoms with E-state index in [4.69, 9.17) is 11.6 Å². The molecule has 2 aromatic carbocycles. The highest BCUT2D eigenvalue weighted by Crippen LogP contribution is 2.14. The zero-order chi connectivity index (χ0) is 19.9. The van der Waals surface area contributed by atoms with Crippen LogP contribution in [0.1, 0.15) is 37.5 Å². The van der Waals surface area contributed by atoms with E-state index in [0.717, 1.165) is 16.7 Å². The Morgan fingerprint density at radius 1 is 0.893 bits per heavy atom. The zero-order valence-corrected chi connectivity index (χ0v) is 16.2. The molecular weight excluding hydrogens is 374 g/mol. The van der Waals surface area contributed by atoms with Gasteiger partial charge < -0.3 is 10.6 Å². The molecule has 0 saturated heterocycles. The lowest BCUT2D eigenvalue weighted by molar-refractivity contribution is 0.0946. The number of carbonyl (C=O) groups is 2. The number of aryl methyl sites for hydroxylation is 1. The first kappa shape index (κ1) is 19.6. The van der Waals surface area contributed by atoms with E-state index in [9.17, 15) is 9.59 Å². The molecule has 1 aromatic heterocycles. The van der Waals surface area contributed by atoms with Crippen molar-refractivity contribution in [1.29, 1.82) is 0 Å². The second kappa shape index (κ2) is 9.15. The minimum absolute atomic E-state index is 0.193. The molecule has 3 aromatic rings. The van der Waals surface area contributed by atoms with Crippen LogP contribution in [0.15, 0.2) is 66.9 Å². The maximum Gasteiger partial charge on any atom is 0.270 e. The average Bonchev–Trinajstić information content (AvgIpc) is 2.72. The van der Waals surface area contributed by atoms with Crippen LogP contribution in [0.4, 0.5) is 0 Å². The standard InChI is InChI=1S/C22H20ClN3O2/c1-15-6-2-3-7-17(15)13-26-22(28)20-12-16(10-11-24-20)21(27)25-14-18-8-4-5-9-19(18)23/h2-12H,13-14H2,1H3,(H,25,27)(H,26,28). The number of hydrogen-bond acceptors (Lipinski definition) is 3. The van der Waals surface area contributed by atoms with E-state index in [1.807, 2.05) is 49.4 Å². The van der Waals surface area contributed by atoms with Crippen LogP contribution in [0.3, 0.4) is 0 Å². The summed E-state index contributed by atoms with van der Waals surface area (Å²) in [6.45, 7) is 2.69. The molecule has 0 spiro atoms. The normalized spacial score (nSPS) is 10.4. The van der Waals surface area contributed by atoms with Crippen LogP contribution < -0.4 is 10.6 Å². The van der Waals surface area contributed by atoms with Crippen LogP contribution in [0.2, 0.25) is 5.02 Å². The minimum Gasteiger partial charge on any atom is -0.348 e. The van der Waals surface area contributed by atoms with Crippen molar-refractivity contribution in [1.82, 2.24) is 15.6 Å². The molecule has 142 valence electrons. The molecule has 0 bridgehead atoms. The van der Waals surface area contributed by atoms with Crippen LogP contribution in [-0.4, -0.2) is 16.8 Å². The maximum atomic E-state index is 12.4. The second-order valence-electron chi connectivity index (χ2n) is 6.31. The van der Waals surface area contributed by atoms with E-state index in [0.29, 0.717) is 23.7 Å². The van der Waals surface area contributed by atoms with E-state index in [1.54, 1.807) is 12.1 Å². The number of hydrogen-bond donors (Lipinski definition) is 2. The summed E-state index contributed by atoms with van der Waals surface area (Å²) in [5.74, 6) is -0.626. The van der Waals surface area contributed by atoms with Gasteiger partial charge in [-0.25, -0.2) is 0 Å². The van der Waals surface area contributed by atoms with Crippen LogP contribution in [-0.2, 0) is 13.1 Å². The highest BCUT2D eigenvalue weighted by molar-refractivity contribution is 6.31. The van der Waals surface area contributed by atoms with Crippen molar-refractivity contribution in [2.45, 2.75) is 20.0 Å². The van der Waals surface area contributed by atoms with E-state index in [-0.39, 0.29) is 17.5 Å². The number of halogens is 1. The molecule has 3 rings (SSSR count). The SMILES string of the molecule is Cc1ccccc1CNC(=O)c1cc(C(=O)NCc2ccccc2Cl)ccn1. The van der Waals surface area contributed by atoms with E-state index < -0.39 is 0 Å². The maximum absolute atomic E-state index is 12.4. The van der Waals surface area contributed by atoms with Crippen molar-refractivity contribution in [2.24, 2.45) is 0 Å². The molecule has 0 aliphatic heterocycles. The van der Waals surface area contributed by atoms with Crippen molar-refractivity contribution in [3.63, 3.8) is 0 Å². The summed E-state index contributed by atoms with van der Waals surface area (Å²) in [6.07, 6.45) is 1.45. The fourth-order valence-electron chi connectivity index (χ4n) is 2.69. The van der Waals surface area contributed by atoms with Gasteiger partial charge in [-0.15, -0.1) is 0 Å². The first-order valence-corrected chi connectivity index (χ1v) is 9.23. The number of benzene rings is 2. The molecule has 1 heterocycles. The predicted octanol–water partition coefficient (Wildman–Crippen LogP) is 3.90. The monoisotopic (exact) mass is 393 g/mol. The van der Waals surface area contributed by atoms with Crippen LogP contribution in [0, 0.1) is 6.92 Å². The number of rotatable bonds is 6. The smallest absolute Gasteiger partial charge is 0.270 e. The summed E-state index contributed by atoms with van der Waals surface area (Å²) in [7, 11) is 0. The Hall–Kier alpha value is -3.18. The number of amides is 2. The van der Waals surface area contributed by atoms with Crippen molar-refractivity contribution < 1.29 is 9.59 Å². The third-order valence-corrected chi connectivity index (χ3v) is 4.72. The molecule has 6 heteroatoms. The van der Waals surface area contributed by atoms with Gasteiger partial charge in [-0.3, -0.25) is 14.6 Å². The summed E-state index contributed by atoms with van der Waals surface area (Å²) >= 11 is 6.10. The molecule has 0 atom stereocenters. The van der Waals surface area contributed by atoms with Gasteiger partial charge in [0.1, 0.15) is 5.69 Å². The van der Waals surface area contributed by atoms with Gasteiger partial charge in [-0.2, -0.15) is 0 Å². The van der Waals surface area contributed by atoms with E-state index in [1.165, 1.54) is 12.3 Å². The lowest BCUT2D eigenvalue weighted by atomic mass is 10.1. The summed E-state index contributed by atoms with van der Waals surface area (Å²) in [5.41, 5.74) is 3.51. The molecule has 0 unspecified atom stereocenters. The molecular formula is C22H20ClN3O2. The molecule has 2 amide bonds. The molecule has 0 aliphatic rings. The summed E-state index contributed by atoms with van der Waals surface area (Å²) in [6, 6.07) is 18.2. The predicted molar refractivity (Wildman–Crippen MR) is 109 cm³/mol. The fourth-order valence-corrected chi connectivity index (χ4v) is 2.89. The summed E-state index contributed by atoms with van der Waals surface area (Å²) < 4.78 is 0. The van der Waals surface area contributed by atoms with Crippen molar-refractivity contribution >= 4 is 23.4 Å². The first-order valence-electron chi connectivity index (χ1n) is 8.85. The van der Waals surface area contributed by atoms with Gasteiger partial charge >= 0.3 is 0 Å². The Kier molecular flexibility index (Phi) is 6.40. The highest BCUT2D eigenvalue weighted by atomic mass is 35.5. The van der Waals surface area contributed by atoms with Gasteiger partial charge in [0.15, 0.2) is 0 Å². The third kappa shape index (κ3) is 4.96. The van der Waals surface area contributed by atoms with Crippen molar-refractivity contribution in [3.8, 4) is 0 Å². The molecule has 0 aliphatic carbocycles. The van der Waals surface area contributed by atoms with Gasteiger partial charge in [0, 0.05) is 29.9 Å². The van der Waals surface area contributed by atoms with Gasteiger partial charge in [0.2, 0.25) is 0 Å². The zero-order valence-electron chi connectivity index (χ0n) is 15.4.